The van der Waals surface area contributed by atoms with E-state index in [1.165, 1.54) is 0 Å². The lowest BCUT2D eigenvalue weighted by Gasteiger charge is -2.29. The summed E-state index contributed by atoms with van der Waals surface area (Å²) < 4.78 is 0. The van der Waals surface area contributed by atoms with Crippen LogP contribution in [0, 0.1) is 10.8 Å². The van der Waals surface area contributed by atoms with Gasteiger partial charge in [-0.1, -0.05) is 40.7 Å². The third-order valence-electron chi connectivity index (χ3n) is 1.76. The second kappa shape index (κ2) is 4.08. The monoisotopic (exact) mass is 182 g/mol. The molecule has 13 heavy (non-hydrogen) atoms. The average Bonchev–Trinajstić information content (AvgIpc) is 1.78. The Kier molecular flexibility index (Phi) is 3.89. The van der Waals surface area contributed by atoms with E-state index in [-0.39, 0.29) is 11.2 Å². The van der Waals surface area contributed by atoms with Crippen molar-refractivity contribution in [2.45, 2.75) is 48.0 Å². The molecule has 0 radical (unpaired) electrons. The Bertz CT molecular complexity index is 204. The van der Waals surface area contributed by atoms with Crippen molar-refractivity contribution in [2.24, 2.45) is 10.8 Å². The lowest BCUT2D eigenvalue weighted by Crippen LogP contribution is -2.18. The second-order valence-corrected chi connectivity index (χ2v) is 5.67. The fraction of sp³-hybridized carbons (Fsp3) is 0.750. The van der Waals surface area contributed by atoms with Gasteiger partial charge in [-0.25, -0.2) is 0 Å². The van der Waals surface area contributed by atoms with Crippen molar-refractivity contribution >= 4 is 5.78 Å². The van der Waals surface area contributed by atoms with Crippen molar-refractivity contribution in [1.82, 2.24) is 0 Å². The van der Waals surface area contributed by atoms with E-state index in [9.17, 15) is 4.79 Å². The van der Waals surface area contributed by atoms with E-state index < -0.39 is 0 Å². The lowest BCUT2D eigenvalue weighted by atomic mass is 9.76. The van der Waals surface area contributed by atoms with Crippen LogP contribution in [-0.4, -0.2) is 5.78 Å². The summed E-state index contributed by atoms with van der Waals surface area (Å²) in [4.78, 5) is 10.8. The van der Waals surface area contributed by atoms with Crippen LogP contribution < -0.4 is 0 Å². The molecule has 1 heteroatoms. The van der Waals surface area contributed by atoms with Crippen LogP contribution in [0.15, 0.2) is 12.2 Å². The number of carbonyl (C=O) groups is 1. The number of ketones is 1. The Labute approximate surface area is 82.2 Å². The smallest absolute Gasteiger partial charge is 0.152 e. The van der Waals surface area contributed by atoms with Crippen molar-refractivity contribution in [2.75, 3.05) is 0 Å². The van der Waals surface area contributed by atoms with Gasteiger partial charge in [0, 0.05) is 0 Å². The molecule has 0 bridgehead atoms. The Morgan fingerprint density at radius 3 is 1.92 bits per heavy atom. The molecule has 0 aromatic heterocycles. The van der Waals surface area contributed by atoms with Gasteiger partial charge < -0.3 is 0 Å². The number of rotatable bonds is 3. The third-order valence-corrected chi connectivity index (χ3v) is 1.76. The first-order valence-corrected chi connectivity index (χ1v) is 4.82. The van der Waals surface area contributed by atoms with Gasteiger partial charge in [0.1, 0.15) is 0 Å². The van der Waals surface area contributed by atoms with Crippen LogP contribution in [0.4, 0.5) is 0 Å². The highest BCUT2D eigenvalue weighted by atomic mass is 16.1. The Balaban J connectivity index is 4.32. The van der Waals surface area contributed by atoms with E-state index in [2.05, 4.69) is 34.6 Å². The maximum Gasteiger partial charge on any atom is 0.152 e. The topological polar surface area (TPSA) is 17.1 Å². The van der Waals surface area contributed by atoms with Gasteiger partial charge >= 0.3 is 0 Å². The molecule has 76 valence electrons. The first-order chi connectivity index (χ1) is 5.62. The Morgan fingerprint density at radius 2 is 1.62 bits per heavy atom. The van der Waals surface area contributed by atoms with E-state index >= 15 is 0 Å². The molecule has 1 nitrogen and oxygen atoms in total. The molecule has 0 aromatic rings. The summed E-state index contributed by atoms with van der Waals surface area (Å²) in [6.45, 7) is 12.6. The first kappa shape index (κ1) is 12.4. The van der Waals surface area contributed by atoms with Crippen LogP contribution in [0.25, 0.3) is 0 Å². The Morgan fingerprint density at radius 1 is 1.15 bits per heavy atom. The molecule has 0 aromatic carbocycles. The second-order valence-electron chi connectivity index (χ2n) is 5.67. The minimum absolute atomic E-state index is 0.115. The number of hydrogen-bond acceptors (Lipinski definition) is 1. The molecule has 0 aliphatic carbocycles. The van der Waals surface area contributed by atoms with Crippen molar-refractivity contribution < 1.29 is 4.79 Å². The molecule has 0 heterocycles. The van der Waals surface area contributed by atoms with Gasteiger partial charge in [0.05, 0.1) is 0 Å². The number of hydrogen-bond donors (Lipinski definition) is 0. The fourth-order valence-corrected chi connectivity index (χ4v) is 1.77. The normalized spacial score (nSPS) is 13.7. The summed E-state index contributed by atoms with van der Waals surface area (Å²) in [5.41, 5.74) is 0.425. The van der Waals surface area contributed by atoms with Crippen LogP contribution in [-0.2, 0) is 4.79 Å². The largest absolute Gasteiger partial charge is 0.295 e. The van der Waals surface area contributed by atoms with Gasteiger partial charge in [-0.05, 0) is 30.3 Å². The summed E-state index contributed by atoms with van der Waals surface area (Å²) >= 11 is 0. The Hall–Kier alpha value is -0.590. The molecule has 0 aliphatic rings. The first-order valence-electron chi connectivity index (χ1n) is 4.82. The summed E-state index contributed by atoms with van der Waals surface area (Å²) in [6, 6.07) is 0. The van der Waals surface area contributed by atoms with E-state index in [0.717, 1.165) is 6.42 Å². The molecule has 0 unspecified atom stereocenters. The molecule has 0 aliphatic heterocycles. The molecule has 0 amide bonds. The summed E-state index contributed by atoms with van der Waals surface area (Å²) in [6.07, 6.45) is 4.77. The molecule has 0 saturated carbocycles. The molecule has 0 atom stereocenters. The molecule has 0 rings (SSSR count). The van der Waals surface area contributed by atoms with Crippen molar-refractivity contribution in [3.8, 4) is 0 Å². The molecule has 0 N–H and O–H groups in total. The van der Waals surface area contributed by atoms with E-state index in [4.69, 9.17) is 0 Å². The molecule has 0 saturated heterocycles. The fourth-order valence-electron chi connectivity index (χ4n) is 1.77. The molecule has 0 spiro atoms. The molecular weight excluding hydrogens is 160 g/mol. The highest BCUT2D eigenvalue weighted by molar-refractivity contribution is 5.87. The van der Waals surface area contributed by atoms with E-state index in [1.54, 1.807) is 13.0 Å². The maximum atomic E-state index is 10.8. The predicted molar refractivity (Wildman–Crippen MR) is 57.7 cm³/mol. The molecular formula is C12H22O. The van der Waals surface area contributed by atoms with Crippen LogP contribution in [0.2, 0.25) is 0 Å². The van der Waals surface area contributed by atoms with Gasteiger partial charge in [-0.2, -0.15) is 0 Å². The summed E-state index contributed by atoms with van der Waals surface area (Å²) in [5.74, 6) is 0.127. The number of allylic oxidation sites excluding steroid dienone is 2. The third kappa shape index (κ3) is 7.76. The van der Waals surface area contributed by atoms with Gasteiger partial charge in [0.15, 0.2) is 5.78 Å². The molecule has 0 fully saturated rings. The minimum atomic E-state index is 0.115. The van der Waals surface area contributed by atoms with Crippen LogP contribution in [0.1, 0.15) is 48.0 Å². The van der Waals surface area contributed by atoms with Gasteiger partial charge in [0.2, 0.25) is 0 Å². The highest BCUT2D eigenvalue weighted by Crippen LogP contribution is 2.33. The van der Waals surface area contributed by atoms with Gasteiger partial charge in [-0.15, -0.1) is 0 Å². The zero-order chi connectivity index (χ0) is 10.7. The van der Waals surface area contributed by atoms with Crippen molar-refractivity contribution in [3.63, 3.8) is 0 Å². The minimum Gasteiger partial charge on any atom is -0.295 e. The summed E-state index contributed by atoms with van der Waals surface area (Å²) in [7, 11) is 0. The number of carbonyl (C=O) groups excluding carboxylic acids is 1. The van der Waals surface area contributed by atoms with Crippen molar-refractivity contribution in [3.05, 3.63) is 12.2 Å². The van der Waals surface area contributed by atoms with E-state index in [1.807, 2.05) is 6.08 Å². The van der Waals surface area contributed by atoms with Crippen LogP contribution >= 0.6 is 0 Å². The van der Waals surface area contributed by atoms with Crippen LogP contribution in [0.3, 0.4) is 0 Å². The maximum absolute atomic E-state index is 10.8. The van der Waals surface area contributed by atoms with Gasteiger partial charge in [-0.3, -0.25) is 4.79 Å². The van der Waals surface area contributed by atoms with E-state index in [0.29, 0.717) is 5.41 Å². The highest BCUT2D eigenvalue weighted by Gasteiger charge is 2.22. The lowest BCUT2D eigenvalue weighted by molar-refractivity contribution is -0.112. The SMILES string of the molecule is CC(=O)C=CC(C)(C)CC(C)(C)C. The average molecular weight is 182 g/mol. The summed E-state index contributed by atoms with van der Waals surface area (Å²) in [5, 5.41) is 0. The quantitative estimate of drug-likeness (QED) is 0.609. The predicted octanol–water partition coefficient (Wildman–Crippen LogP) is 3.59. The standard InChI is InChI=1S/C12H22O/c1-10(13)7-8-12(5,6)9-11(2,3)4/h7-8H,9H2,1-6H3. The van der Waals surface area contributed by atoms with Gasteiger partial charge in [0.25, 0.3) is 0 Å². The van der Waals surface area contributed by atoms with Crippen molar-refractivity contribution in [1.29, 1.82) is 0 Å². The van der Waals surface area contributed by atoms with Crippen LogP contribution in [0.5, 0.6) is 0 Å². The zero-order valence-corrected chi connectivity index (χ0v) is 9.77. The zero-order valence-electron chi connectivity index (χ0n) is 9.77.